The van der Waals surface area contributed by atoms with Gasteiger partial charge >= 0.3 is 0 Å². The van der Waals surface area contributed by atoms with Crippen molar-refractivity contribution in [2.45, 2.75) is 70.1 Å². The molecule has 2 aromatic carbocycles. The molecule has 0 amide bonds. The number of nitrogens with zero attached hydrogens (tertiary/aromatic N) is 3. The molecule has 3 aliphatic rings. The van der Waals surface area contributed by atoms with Crippen LogP contribution in [0.15, 0.2) is 54.6 Å². The molecule has 1 unspecified atom stereocenters. The van der Waals surface area contributed by atoms with E-state index in [1.807, 2.05) is 0 Å². The zero-order chi connectivity index (χ0) is 24.5. The zero-order valence-electron chi connectivity index (χ0n) is 22.0. The molecule has 3 heteroatoms. The minimum Gasteiger partial charge on any atom is -0.371 e. The van der Waals surface area contributed by atoms with E-state index >= 15 is 0 Å². The fraction of sp³-hybridized carbons (Fsp3) is 0.594. The van der Waals surface area contributed by atoms with Crippen LogP contribution in [-0.2, 0) is 10.8 Å². The average molecular weight is 470 g/mol. The van der Waals surface area contributed by atoms with E-state index in [1.165, 1.54) is 62.1 Å². The number of rotatable bonds is 6. The van der Waals surface area contributed by atoms with Gasteiger partial charge in [-0.05, 0) is 79.3 Å². The van der Waals surface area contributed by atoms with Crippen molar-refractivity contribution in [1.29, 1.82) is 5.26 Å². The van der Waals surface area contributed by atoms with Crippen LogP contribution in [0.1, 0.15) is 70.4 Å². The monoisotopic (exact) mass is 469 g/mol. The summed E-state index contributed by atoms with van der Waals surface area (Å²) in [5.41, 5.74) is 3.97. The summed E-state index contributed by atoms with van der Waals surface area (Å²) in [7, 11) is 0. The lowest BCUT2D eigenvalue weighted by Gasteiger charge is -2.47. The molecule has 2 heterocycles. The SMILES string of the molecule is CC(C)(C)c1ccc(N2CC(CN3CCC(C(C#N)(c4ccccc4)C4CCCC4)CC3)C2)cc1. The Labute approximate surface area is 213 Å². The summed E-state index contributed by atoms with van der Waals surface area (Å²) < 4.78 is 0. The molecular formula is C32H43N3. The van der Waals surface area contributed by atoms with Crippen molar-refractivity contribution < 1.29 is 0 Å². The van der Waals surface area contributed by atoms with Gasteiger partial charge in [0.2, 0.25) is 0 Å². The molecule has 0 aromatic heterocycles. The molecule has 2 saturated heterocycles. The quantitative estimate of drug-likeness (QED) is 0.467. The first kappa shape index (κ1) is 24.4. The fourth-order valence-electron chi connectivity index (χ4n) is 7.15. The number of hydrogen-bond acceptors (Lipinski definition) is 3. The lowest BCUT2D eigenvalue weighted by Crippen LogP contribution is -2.53. The molecule has 0 bridgehead atoms. The second-order valence-corrected chi connectivity index (χ2v) is 12.5. The molecule has 5 rings (SSSR count). The van der Waals surface area contributed by atoms with Crippen LogP contribution in [0.4, 0.5) is 5.69 Å². The molecule has 2 aromatic rings. The third-order valence-electron chi connectivity index (χ3n) is 9.24. The third kappa shape index (κ3) is 4.88. The summed E-state index contributed by atoms with van der Waals surface area (Å²) in [6.07, 6.45) is 7.33. The van der Waals surface area contributed by atoms with Crippen molar-refractivity contribution in [2.24, 2.45) is 17.8 Å². The number of hydrogen-bond donors (Lipinski definition) is 0. The summed E-state index contributed by atoms with van der Waals surface area (Å²) in [5, 5.41) is 10.6. The summed E-state index contributed by atoms with van der Waals surface area (Å²) in [6, 6.07) is 22.9. The van der Waals surface area contributed by atoms with Gasteiger partial charge in [0.15, 0.2) is 0 Å². The van der Waals surface area contributed by atoms with Gasteiger partial charge in [0.05, 0.1) is 11.5 Å². The van der Waals surface area contributed by atoms with Crippen molar-refractivity contribution in [3.63, 3.8) is 0 Å². The molecule has 0 radical (unpaired) electrons. The van der Waals surface area contributed by atoms with E-state index in [0.717, 1.165) is 31.8 Å². The van der Waals surface area contributed by atoms with Crippen LogP contribution in [0.3, 0.4) is 0 Å². The van der Waals surface area contributed by atoms with E-state index in [-0.39, 0.29) is 10.8 Å². The van der Waals surface area contributed by atoms with Gasteiger partial charge in [0.1, 0.15) is 0 Å². The highest BCUT2D eigenvalue weighted by molar-refractivity contribution is 5.50. The molecule has 3 nitrogen and oxygen atoms in total. The Morgan fingerprint density at radius 2 is 1.40 bits per heavy atom. The first-order valence-corrected chi connectivity index (χ1v) is 13.9. The Morgan fingerprint density at radius 3 is 1.97 bits per heavy atom. The first-order chi connectivity index (χ1) is 16.9. The van der Waals surface area contributed by atoms with E-state index in [2.05, 4.69) is 91.2 Å². The van der Waals surface area contributed by atoms with Gasteiger partial charge < -0.3 is 9.80 Å². The molecule has 1 atom stereocenters. The van der Waals surface area contributed by atoms with E-state index in [1.54, 1.807) is 0 Å². The maximum atomic E-state index is 10.6. The Bertz CT molecular complexity index is 996. The lowest BCUT2D eigenvalue weighted by atomic mass is 9.60. The predicted molar refractivity (Wildman–Crippen MR) is 146 cm³/mol. The number of piperidine rings is 1. The number of nitriles is 1. The number of likely N-dealkylation sites (tertiary alicyclic amines) is 1. The molecule has 1 aliphatic carbocycles. The van der Waals surface area contributed by atoms with Gasteiger partial charge in [-0.3, -0.25) is 0 Å². The maximum absolute atomic E-state index is 10.6. The van der Waals surface area contributed by atoms with Crippen LogP contribution in [0.2, 0.25) is 0 Å². The average Bonchev–Trinajstić information content (AvgIpc) is 3.38. The van der Waals surface area contributed by atoms with Crippen molar-refractivity contribution >= 4 is 5.69 Å². The molecule has 2 aliphatic heterocycles. The van der Waals surface area contributed by atoms with E-state index in [4.69, 9.17) is 0 Å². The van der Waals surface area contributed by atoms with Crippen LogP contribution in [0, 0.1) is 29.1 Å². The van der Waals surface area contributed by atoms with Gasteiger partial charge in [-0.1, -0.05) is 76.1 Å². The lowest BCUT2D eigenvalue weighted by molar-refractivity contribution is 0.103. The second kappa shape index (κ2) is 9.98. The molecule has 0 N–H and O–H groups in total. The highest BCUT2D eigenvalue weighted by Crippen LogP contribution is 2.50. The summed E-state index contributed by atoms with van der Waals surface area (Å²) in [4.78, 5) is 5.21. The van der Waals surface area contributed by atoms with Crippen molar-refractivity contribution in [2.75, 3.05) is 37.6 Å². The molecular weight excluding hydrogens is 426 g/mol. The molecule has 1 saturated carbocycles. The van der Waals surface area contributed by atoms with Crippen LogP contribution < -0.4 is 4.90 Å². The minimum atomic E-state index is -0.295. The summed E-state index contributed by atoms with van der Waals surface area (Å²) >= 11 is 0. The number of anilines is 1. The van der Waals surface area contributed by atoms with E-state index in [0.29, 0.717) is 11.8 Å². The maximum Gasteiger partial charge on any atom is 0.0879 e. The highest BCUT2D eigenvalue weighted by Gasteiger charge is 2.48. The Hall–Kier alpha value is -2.31. The standard InChI is InChI=1S/C32H43N3/c1-31(2,3)26-13-15-30(16-14-26)35-22-25(23-35)21-34-19-17-29(18-20-34)32(24-33,28-11-7-8-12-28)27-9-5-4-6-10-27/h4-6,9-10,13-16,25,28-29H,7-8,11-12,17-23H2,1-3H3. The normalized spacial score (nSPS) is 22.5. The summed E-state index contributed by atoms with van der Waals surface area (Å²) in [6.45, 7) is 12.7. The highest BCUT2D eigenvalue weighted by atomic mass is 15.2. The first-order valence-electron chi connectivity index (χ1n) is 13.9. The van der Waals surface area contributed by atoms with Gasteiger partial charge in [0.25, 0.3) is 0 Å². The van der Waals surface area contributed by atoms with Crippen LogP contribution >= 0.6 is 0 Å². The van der Waals surface area contributed by atoms with E-state index in [9.17, 15) is 5.26 Å². The molecule has 3 fully saturated rings. The molecule has 0 spiro atoms. The summed E-state index contributed by atoms with van der Waals surface area (Å²) in [5.74, 6) is 1.77. The second-order valence-electron chi connectivity index (χ2n) is 12.5. The largest absolute Gasteiger partial charge is 0.371 e. The molecule has 35 heavy (non-hydrogen) atoms. The van der Waals surface area contributed by atoms with Crippen molar-refractivity contribution in [1.82, 2.24) is 4.90 Å². The van der Waals surface area contributed by atoms with Gasteiger partial charge in [-0.2, -0.15) is 5.26 Å². The predicted octanol–water partition coefficient (Wildman–Crippen LogP) is 6.78. The van der Waals surface area contributed by atoms with Crippen molar-refractivity contribution in [3.05, 3.63) is 65.7 Å². The number of benzene rings is 2. The Kier molecular flexibility index (Phi) is 6.95. The zero-order valence-corrected chi connectivity index (χ0v) is 22.0. The Balaban J connectivity index is 1.17. The topological polar surface area (TPSA) is 30.3 Å². The smallest absolute Gasteiger partial charge is 0.0879 e. The van der Waals surface area contributed by atoms with E-state index < -0.39 is 0 Å². The fourth-order valence-corrected chi connectivity index (χ4v) is 7.15. The van der Waals surface area contributed by atoms with Crippen LogP contribution in [-0.4, -0.2) is 37.6 Å². The minimum absolute atomic E-state index is 0.212. The Morgan fingerprint density at radius 1 is 0.800 bits per heavy atom. The van der Waals surface area contributed by atoms with Crippen molar-refractivity contribution in [3.8, 4) is 6.07 Å². The van der Waals surface area contributed by atoms with Gasteiger partial charge in [-0.25, -0.2) is 0 Å². The molecule has 186 valence electrons. The van der Waals surface area contributed by atoms with Crippen LogP contribution in [0.25, 0.3) is 0 Å². The van der Waals surface area contributed by atoms with Gasteiger partial charge in [0, 0.05) is 31.2 Å². The van der Waals surface area contributed by atoms with Crippen LogP contribution in [0.5, 0.6) is 0 Å². The van der Waals surface area contributed by atoms with Gasteiger partial charge in [-0.15, -0.1) is 0 Å². The third-order valence-corrected chi connectivity index (χ3v) is 9.24.